The molecule has 0 amide bonds. The fraction of sp³-hybridized carbons (Fsp3) is 0.308. The molecule has 0 atom stereocenters. The minimum atomic E-state index is -0.233. The van der Waals surface area contributed by atoms with Gasteiger partial charge in [-0.2, -0.15) is 5.10 Å². The molecule has 18 heavy (non-hydrogen) atoms. The van der Waals surface area contributed by atoms with Crippen LogP contribution in [0.3, 0.4) is 0 Å². The van der Waals surface area contributed by atoms with E-state index in [1.54, 1.807) is 12.3 Å². The third-order valence-electron chi connectivity index (χ3n) is 2.65. The van der Waals surface area contributed by atoms with Gasteiger partial charge in [0.2, 0.25) is 0 Å². The average Bonchev–Trinajstić information content (AvgIpc) is 2.41. The van der Waals surface area contributed by atoms with Crippen molar-refractivity contribution >= 4 is 5.69 Å². The molecule has 0 fully saturated rings. The highest BCUT2D eigenvalue weighted by molar-refractivity contribution is 5.57. The maximum absolute atomic E-state index is 11.8. The number of nitrogens with two attached hydrogens (primary N) is 1. The molecule has 2 aromatic rings. The van der Waals surface area contributed by atoms with Crippen molar-refractivity contribution in [1.82, 2.24) is 14.8 Å². The second kappa shape index (κ2) is 5.44. The third-order valence-corrected chi connectivity index (χ3v) is 2.65. The fourth-order valence-corrected chi connectivity index (χ4v) is 1.66. The fourth-order valence-electron chi connectivity index (χ4n) is 1.66. The molecule has 5 nitrogen and oxygen atoms in total. The molecule has 0 spiro atoms. The van der Waals surface area contributed by atoms with Crippen LogP contribution in [0.5, 0.6) is 0 Å². The van der Waals surface area contributed by atoms with E-state index < -0.39 is 0 Å². The van der Waals surface area contributed by atoms with E-state index in [0.717, 1.165) is 18.5 Å². The van der Waals surface area contributed by atoms with Gasteiger partial charge >= 0.3 is 0 Å². The summed E-state index contributed by atoms with van der Waals surface area (Å²) in [5, 5.41) is 4.30. The molecule has 0 unspecified atom stereocenters. The SMILES string of the molecule is CCCCn1nc(-c2ccccn2)cc(N)c1=O. The van der Waals surface area contributed by atoms with Crippen molar-refractivity contribution in [3.8, 4) is 11.4 Å². The number of rotatable bonds is 4. The van der Waals surface area contributed by atoms with E-state index in [2.05, 4.69) is 17.0 Å². The quantitative estimate of drug-likeness (QED) is 0.888. The van der Waals surface area contributed by atoms with Gasteiger partial charge in [-0.05, 0) is 24.6 Å². The highest BCUT2D eigenvalue weighted by Crippen LogP contribution is 2.13. The molecule has 5 heteroatoms. The summed E-state index contributed by atoms with van der Waals surface area (Å²) in [5.74, 6) is 0. The molecular formula is C13H16N4O. The Labute approximate surface area is 105 Å². The van der Waals surface area contributed by atoms with Crippen molar-refractivity contribution in [3.63, 3.8) is 0 Å². The van der Waals surface area contributed by atoms with E-state index in [9.17, 15) is 4.79 Å². The first-order valence-corrected chi connectivity index (χ1v) is 6.01. The number of aryl methyl sites for hydroxylation is 1. The van der Waals surface area contributed by atoms with Crippen molar-refractivity contribution in [3.05, 3.63) is 40.8 Å². The van der Waals surface area contributed by atoms with Crippen molar-refractivity contribution in [2.75, 3.05) is 5.73 Å². The van der Waals surface area contributed by atoms with Gasteiger partial charge in [-0.25, -0.2) is 4.68 Å². The van der Waals surface area contributed by atoms with Crippen LogP contribution >= 0.6 is 0 Å². The standard InChI is InChI=1S/C13H16N4O/c1-2-3-8-17-13(18)10(14)9-12(16-17)11-6-4-5-7-15-11/h4-7,9H,2-3,8,14H2,1H3. The first-order valence-electron chi connectivity index (χ1n) is 6.01. The van der Waals surface area contributed by atoms with Crippen LogP contribution in [0.1, 0.15) is 19.8 Å². The Bertz CT molecular complexity index is 577. The Kier molecular flexibility index (Phi) is 3.72. The Morgan fingerprint density at radius 2 is 2.17 bits per heavy atom. The Morgan fingerprint density at radius 1 is 1.33 bits per heavy atom. The molecule has 94 valence electrons. The van der Waals surface area contributed by atoms with Gasteiger partial charge in [-0.15, -0.1) is 0 Å². The van der Waals surface area contributed by atoms with Crippen molar-refractivity contribution in [2.24, 2.45) is 0 Å². The summed E-state index contributed by atoms with van der Waals surface area (Å²) >= 11 is 0. The molecule has 2 heterocycles. The van der Waals surface area contributed by atoms with Gasteiger partial charge < -0.3 is 5.73 Å². The molecule has 0 saturated carbocycles. The van der Waals surface area contributed by atoms with E-state index in [1.807, 2.05) is 18.2 Å². The van der Waals surface area contributed by atoms with Crippen LogP contribution in [0.2, 0.25) is 0 Å². The van der Waals surface area contributed by atoms with Gasteiger partial charge in [0.1, 0.15) is 11.4 Å². The van der Waals surface area contributed by atoms with Crippen LogP contribution in [0.25, 0.3) is 11.4 Å². The minimum absolute atomic E-state index is 0.210. The summed E-state index contributed by atoms with van der Waals surface area (Å²) in [7, 11) is 0. The average molecular weight is 244 g/mol. The van der Waals surface area contributed by atoms with E-state index in [4.69, 9.17) is 5.73 Å². The highest BCUT2D eigenvalue weighted by Gasteiger charge is 2.07. The van der Waals surface area contributed by atoms with Crippen LogP contribution in [0.15, 0.2) is 35.3 Å². The number of pyridine rings is 1. The summed E-state index contributed by atoms with van der Waals surface area (Å²) in [4.78, 5) is 16.0. The van der Waals surface area contributed by atoms with Crippen LogP contribution in [-0.2, 0) is 6.54 Å². The monoisotopic (exact) mass is 244 g/mol. The zero-order valence-electron chi connectivity index (χ0n) is 10.3. The van der Waals surface area contributed by atoms with Crippen molar-refractivity contribution in [1.29, 1.82) is 0 Å². The third kappa shape index (κ3) is 2.56. The van der Waals surface area contributed by atoms with Gasteiger partial charge in [-0.3, -0.25) is 9.78 Å². The Morgan fingerprint density at radius 3 is 2.83 bits per heavy atom. The second-order valence-corrected chi connectivity index (χ2v) is 4.08. The summed E-state index contributed by atoms with van der Waals surface area (Å²) in [6.07, 6.45) is 3.59. The van der Waals surface area contributed by atoms with Crippen molar-refractivity contribution < 1.29 is 0 Å². The summed E-state index contributed by atoms with van der Waals surface area (Å²) < 4.78 is 1.42. The van der Waals surface area contributed by atoms with Crippen LogP contribution < -0.4 is 11.3 Å². The van der Waals surface area contributed by atoms with Gasteiger partial charge in [0.05, 0.1) is 5.69 Å². The smallest absolute Gasteiger partial charge is 0.289 e. The Balaban J connectivity index is 2.44. The topological polar surface area (TPSA) is 73.8 Å². The summed E-state index contributed by atoms with van der Waals surface area (Å²) in [6.45, 7) is 2.65. The van der Waals surface area contributed by atoms with Crippen LogP contribution in [0.4, 0.5) is 5.69 Å². The largest absolute Gasteiger partial charge is 0.394 e. The number of nitrogen functional groups attached to an aromatic ring is 1. The highest BCUT2D eigenvalue weighted by atomic mass is 16.1. The predicted octanol–water partition coefficient (Wildman–Crippen LogP) is 1.69. The van der Waals surface area contributed by atoms with Gasteiger partial charge in [0.15, 0.2) is 0 Å². The lowest BCUT2D eigenvalue weighted by Crippen LogP contribution is -2.26. The van der Waals surface area contributed by atoms with Gasteiger partial charge in [0, 0.05) is 12.7 Å². The van der Waals surface area contributed by atoms with E-state index >= 15 is 0 Å². The van der Waals surface area contributed by atoms with E-state index in [0.29, 0.717) is 12.2 Å². The molecule has 2 N–H and O–H groups in total. The molecular weight excluding hydrogens is 228 g/mol. The van der Waals surface area contributed by atoms with Crippen molar-refractivity contribution in [2.45, 2.75) is 26.3 Å². The lowest BCUT2D eigenvalue weighted by molar-refractivity contribution is 0.546. The molecule has 0 saturated heterocycles. The van der Waals surface area contributed by atoms with Gasteiger partial charge in [-0.1, -0.05) is 19.4 Å². The van der Waals surface area contributed by atoms with Gasteiger partial charge in [0.25, 0.3) is 5.56 Å². The number of anilines is 1. The first kappa shape index (κ1) is 12.3. The summed E-state index contributed by atoms with van der Waals surface area (Å²) in [6, 6.07) is 7.13. The number of nitrogens with zero attached hydrogens (tertiary/aromatic N) is 3. The summed E-state index contributed by atoms with van der Waals surface area (Å²) in [5.41, 5.74) is 7.05. The number of aromatic nitrogens is 3. The van der Waals surface area contributed by atoms with Crippen LogP contribution in [0, 0.1) is 0 Å². The first-order chi connectivity index (χ1) is 8.72. The zero-order chi connectivity index (χ0) is 13.0. The van der Waals surface area contributed by atoms with E-state index in [-0.39, 0.29) is 11.2 Å². The Hall–Kier alpha value is -2.17. The maximum atomic E-state index is 11.8. The van der Waals surface area contributed by atoms with Crippen LogP contribution in [-0.4, -0.2) is 14.8 Å². The molecule has 0 aliphatic carbocycles. The predicted molar refractivity (Wildman–Crippen MR) is 71.0 cm³/mol. The molecule has 0 aromatic carbocycles. The number of unbranched alkanes of at least 4 members (excludes halogenated alkanes) is 1. The minimum Gasteiger partial charge on any atom is -0.394 e. The zero-order valence-corrected chi connectivity index (χ0v) is 10.3. The molecule has 2 aromatic heterocycles. The van der Waals surface area contributed by atoms with E-state index in [1.165, 1.54) is 4.68 Å². The molecule has 2 rings (SSSR count). The maximum Gasteiger partial charge on any atom is 0.289 e. The normalized spacial score (nSPS) is 10.5. The lowest BCUT2D eigenvalue weighted by Gasteiger charge is -2.07. The molecule has 0 aliphatic rings. The number of hydrogen-bond donors (Lipinski definition) is 1. The molecule has 0 aliphatic heterocycles. The lowest BCUT2D eigenvalue weighted by atomic mass is 10.2. The second-order valence-electron chi connectivity index (χ2n) is 4.08. The molecule has 0 radical (unpaired) electrons. The number of hydrogen-bond acceptors (Lipinski definition) is 4. The molecule has 0 bridgehead atoms.